The van der Waals surface area contributed by atoms with Crippen LogP contribution in [0.2, 0.25) is 0 Å². The van der Waals surface area contributed by atoms with Gasteiger partial charge < -0.3 is 24.6 Å². The summed E-state index contributed by atoms with van der Waals surface area (Å²) in [6.07, 6.45) is 0. The summed E-state index contributed by atoms with van der Waals surface area (Å²) in [4.78, 5) is 16.6. The number of rotatable bonds is 5. The van der Waals surface area contributed by atoms with Crippen LogP contribution in [0.15, 0.2) is 42.5 Å². The smallest absolute Gasteiger partial charge is 0.317 e. The standard InChI is InChI=1S/C21H27N3O3/c1-16-5-4-6-17(13-16)15-22-21(25)24-11-9-23(10-12-24)19-14-18(26-2)7-8-20(19)27-3/h4-8,13-14H,9-12,15H2,1-3H3,(H,22,25). The third-order valence-corrected chi connectivity index (χ3v) is 4.82. The number of nitrogens with one attached hydrogen (secondary N) is 1. The van der Waals surface area contributed by atoms with Crippen molar-refractivity contribution in [3.8, 4) is 11.5 Å². The highest BCUT2D eigenvalue weighted by Gasteiger charge is 2.23. The Balaban J connectivity index is 1.56. The molecule has 0 unspecified atom stereocenters. The van der Waals surface area contributed by atoms with E-state index in [1.807, 2.05) is 35.2 Å². The number of methoxy groups -OCH3 is 2. The molecule has 1 aliphatic rings. The molecule has 3 rings (SSSR count). The first-order valence-electron chi connectivity index (χ1n) is 9.16. The van der Waals surface area contributed by atoms with Gasteiger partial charge in [0, 0.05) is 38.8 Å². The summed E-state index contributed by atoms with van der Waals surface area (Å²) in [5.74, 6) is 1.61. The lowest BCUT2D eigenvalue weighted by Gasteiger charge is -2.36. The van der Waals surface area contributed by atoms with Gasteiger partial charge in [0.15, 0.2) is 0 Å². The van der Waals surface area contributed by atoms with Crippen LogP contribution in [0.5, 0.6) is 11.5 Å². The second-order valence-corrected chi connectivity index (χ2v) is 6.66. The molecule has 2 amide bonds. The molecule has 0 aromatic heterocycles. The molecule has 0 radical (unpaired) electrons. The largest absolute Gasteiger partial charge is 0.497 e. The maximum absolute atomic E-state index is 12.5. The zero-order valence-corrected chi connectivity index (χ0v) is 16.2. The van der Waals surface area contributed by atoms with Gasteiger partial charge in [0.25, 0.3) is 0 Å². The highest BCUT2D eigenvalue weighted by Crippen LogP contribution is 2.32. The van der Waals surface area contributed by atoms with Crippen molar-refractivity contribution >= 4 is 11.7 Å². The van der Waals surface area contributed by atoms with Gasteiger partial charge in [-0.1, -0.05) is 29.8 Å². The Labute approximate surface area is 160 Å². The van der Waals surface area contributed by atoms with E-state index in [0.717, 1.165) is 35.8 Å². The number of anilines is 1. The topological polar surface area (TPSA) is 54.0 Å². The lowest BCUT2D eigenvalue weighted by molar-refractivity contribution is 0.194. The third-order valence-electron chi connectivity index (χ3n) is 4.82. The molecule has 144 valence electrons. The molecule has 2 aromatic rings. The van der Waals surface area contributed by atoms with Crippen LogP contribution in [0.3, 0.4) is 0 Å². The third kappa shape index (κ3) is 4.64. The van der Waals surface area contributed by atoms with Crippen LogP contribution in [-0.4, -0.2) is 51.3 Å². The molecule has 6 heteroatoms. The summed E-state index contributed by atoms with van der Waals surface area (Å²) in [5, 5.41) is 3.02. The molecule has 0 aliphatic carbocycles. The maximum Gasteiger partial charge on any atom is 0.317 e. The first-order chi connectivity index (χ1) is 13.1. The Morgan fingerprint density at radius 1 is 1.04 bits per heavy atom. The van der Waals surface area contributed by atoms with E-state index < -0.39 is 0 Å². The normalized spacial score (nSPS) is 14.0. The van der Waals surface area contributed by atoms with Crippen molar-refractivity contribution < 1.29 is 14.3 Å². The number of urea groups is 1. The van der Waals surface area contributed by atoms with Gasteiger partial charge in [-0.05, 0) is 24.6 Å². The van der Waals surface area contributed by atoms with Crippen LogP contribution in [0, 0.1) is 6.92 Å². The maximum atomic E-state index is 12.5. The molecule has 1 N–H and O–H groups in total. The molecule has 0 atom stereocenters. The van der Waals surface area contributed by atoms with Crippen molar-refractivity contribution in [1.29, 1.82) is 0 Å². The lowest BCUT2D eigenvalue weighted by Crippen LogP contribution is -2.51. The fourth-order valence-electron chi connectivity index (χ4n) is 3.31. The Morgan fingerprint density at radius 2 is 1.81 bits per heavy atom. The van der Waals surface area contributed by atoms with Crippen LogP contribution in [0.1, 0.15) is 11.1 Å². The Bertz CT molecular complexity index is 786. The number of hydrogen-bond donors (Lipinski definition) is 1. The van der Waals surface area contributed by atoms with Gasteiger partial charge in [-0.25, -0.2) is 4.79 Å². The van der Waals surface area contributed by atoms with E-state index in [2.05, 4.69) is 29.3 Å². The summed E-state index contributed by atoms with van der Waals surface area (Å²) in [6, 6.07) is 13.9. The number of aryl methyl sites for hydroxylation is 1. The molecular formula is C21H27N3O3. The number of nitrogens with zero attached hydrogens (tertiary/aromatic N) is 2. The second-order valence-electron chi connectivity index (χ2n) is 6.66. The molecule has 27 heavy (non-hydrogen) atoms. The minimum atomic E-state index is -0.0197. The van der Waals surface area contributed by atoms with Gasteiger partial charge in [-0.2, -0.15) is 0 Å². The van der Waals surface area contributed by atoms with E-state index in [9.17, 15) is 4.79 Å². The summed E-state index contributed by atoms with van der Waals surface area (Å²) in [7, 11) is 3.32. The first kappa shape index (κ1) is 18.9. The molecule has 0 spiro atoms. The van der Waals surface area contributed by atoms with Crippen LogP contribution >= 0.6 is 0 Å². The van der Waals surface area contributed by atoms with E-state index in [0.29, 0.717) is 19.6 Å². The highest BCUT2D eigenvalue weighted by atomic mass is 16.5. The fourth-order valence-corrected chi connectivity index (χ4v) is 3.31. The Kier molecular flexibility index (Phi) is 6.06. The predicted molar refractivity (Wildman–Crippen MR) is 107 cm³/mol. The number of carbonyl (C=O) groups excluding carboxylic acids is 1. The number of ether oxygens (including phenoxy) is 2. The van der Waals surface area contributed by atoms with E-state index in [4.69, 9.17) is 9.47 Å². The van der Waals surface area contributed by atoms with Gasteiger partial charge in [-0.15, -0.1) is 0 Å². The van der Waals surface area contributed by atoms with Crippen molar-refractivity contribution in [1.82, 2.24) is 10.2 Å². The van der Waals surface area contributed by atoms with Crippen molar-refractivity contribution in [2.75, 3.05) is 45.3 Å². The molecule has 0 bridgehead atoms. The number of amides is 2. The number of benzene rings is 2. The minimum Gasteiger partial charge on any atom is -0.497 e. The Hall–Kier alpha value is -2.89. The first-order valence-corrected chi connectivity index (χ1v) is 9.16. The molecule has 1 heterocycles. The summed E-state index contributed by atoms with van der Waals surface area (Å²) in [5.41, 5.74) is 3.31. The molecule has 1 aliphatic heterocycles. The molecule has 0 saturated carbocycles. The zero-order valence-electron chi connectivity index (χ0n) is 16.2. The minimum absolute atomic E-state index is 0.0197. The SMILES string of the molecule is COc1ccc(OC)c(N2CCN(C(=O)NCc3cccc(C)c3)CC2)c1. The van der Waals surface area contributed by atoms with Crippen molar-refractivity contribution in [2.24, 2.45) is 0 Å². The molecule has 6 nitrogen and oxygen atoms in total. The zero-order chi connectivity index (χ0) is 19.2. The van der Waals surface area contributed by atoms with Crippen LogP contribution in [0.25, 0.3) is 0 Å². The second kappa shape index (κ2) is 8.66. The van der Waals surface area contributed by atoms with Gasteiger partial charge >= 0.3 is 6.03 Å². The van der Waals surface area contributed by atoms with Gasteiger partial charge in [-0.3, -0.25) is 0 Å². The van der Waals surface area contributed by atoms with E-state index in [1.54, 1.807) is 14.2 Å². The van der Waals surface area contributed by atoms with Gasteiger partial charge in [0.2, 0.25) is 0 Å². The summed E-state index contributed by atoms with van der Waals surface area (Å²) >= 11 is 0. The van der Waals surface area contributed by atoms with Crippen molar-refractivity contribution in [3.63, 3.8) is 0 Å². The molecule has 1 fully saturated rings. The van der Waals surface area contributed by atoms with E-state index in [-0.39, 0.29) is 6.03 Å². The fraction of sp³-hybridized carbons (Fsp3) is 0.381. The number of hydrogen-bond acceptors (Lipinski definition) is 4. The van der Waals surface area contributed by atoms with E-state index in [1.165, 1.54) is 5.56 Å². The average molecular weight is 369 g/mol. The predicted octanol–water partition coefficient (Wildman–Crippen LogP) is 3.04. The molecular weight excluding hydrogens is 342 g/mol. The van der Waals surface area contributed by atoms with Crippen LogP contribution in [0.4, 0.5) is 10.5 Å². The number of piperazine rings is 1. The summed E-state index contributed by atoms with van der Waals surface area (Å²) in [6.45, 7) is 5.44. The van der Waals surface area contributed by atoms with Crippen molar-refractivity contribution in [2.45, 2.75) is 13.5 Å². The monoisotopic (exact) mass is 369 g/mol. The average Bonchev–Trinajstić information content (AvgIpc) is 2.71. The van der Waals surface area contributed by atoms with Crippen LogP contribution < -0.4 is 19.7 Å². The lowest BCUT2D eigenvalue weighted by atomic mass is 10.1. The summed E-state index contributed by atoms with van der Waals surface area (Å²) < 4.78 is 10.8. The van der Waals surface area contributed by atoms with Crippen molar-refractivity contribution in [3.05, 3.63) is 53.6 Å². The quantitative estimate of drug-likeness (QED) is 0.880. The van der Waals surface area contributed by atoms with Gasteiger partial charge in [0.05, 0.1) is 19.9 Å². The molecule has 1 saturated heterocycles. The van der Waals surface area contributed by atoms with Gasteiger partial charge in [0.1, 0.15) is 11.5 Å². The highest BCUT2D eigenvalue weighted by molar-refractivity contribution is 5.74. The Morgan fingerprint density at radius 3 is 2.48 bits per heavy atom. The number of carbonyl (C=O) groups is 1. The van der Waals surface area contributed by atoms with E-state index >= 15 is 0 Å². The van der Waals surface area contributed by atoms with Crippen LogP contribution in [-0.2, 0) is 6.54 Å². The molecule has 2 aromatic carbocycles.